The fraction of sp³-hybridized carbons (Fsp3) is 0.550. The predicted octanol–water partition coefficient (Wildman–Crippen LogP) is 2.28. The number of rotatable bonds is 6. The van der Waals surface area contributed by atoms with E-state index in [0.717, 1.165) is 11.4 Å². The van der Waals surface area contributed by atoms with E-state index in [0.29, 0.717) is 45.4 Å². The van der Waals surface area contributed by atoms with Gasteiger partial charge < -0.3 is 10.1 Å². The summed E-state index contributed by atoms with van der Waals surface area (Å²) in [6, 6.07) is 6.09. The van der Waals surface area contributed by atoms with Crippen molar-refractivity contribution in [1.82, 2.24) is 10.2 Å². The minimum Gasteiger partial charge on any atom is -0.383 e. The fourth-order valence-electron chi connectivity index (χ4n) is 3.88. The van der Waals surface area contributed by atoms with E-state index in [1.54, 1.807) is 24.1 Å². The summed E-state index contributed by atoms with van der Waals surface area (Å²) in [6.07, 6.45) is 2.44. The highest BCUT2D eigenvalue weighted by Crippen LogP contribution is 2.39. The van der Waals surface area contributed by atoms with Crippen molar-refractivity contribution < 1.29 is 18.7 Å². The molecule has 1 fully saturated rings. The van der Waals surface area contributed by atoms with E-state index in [1.165, 1.54) is 12.1 Å². The average molecular weight is 375 g/mol. The lowest BCUT2D eigenvalue weighted by Crippen LogP contribution is -2.47. The highest BCUT2D eigenvalue weighted by atomic mass is 19.1. The molecule has 1 aliphatic heterocycles. The van der Waals surface area contributed by atoms with Gasteiger partial charge >= 0.3 is 0 Å². The number of halogens is 1. The van der Waals surface area contributed by atoms with Gasteiger partial charge in [-0.15, -0.1) is 0 Å². The monoisotopic (exact) mass is 375 g/mol. The first-order valence-electron chi connectivity index (χ1n) is 9.35. The molecule has 0 aromatic heterocycles. The number of ether oxygens (including phenoxy) is 1. The van der Waals surface area contributed by atoms with Gasteiger partial charge in [-0.2, -0.15) is 0 Å². The quantitative estimate of drug-likeness (QED) is 0.829. The van der Waals surface area contributed by atoms with Crippen LogP contribution in [0.4, 0.5) is 4.39 Å². The number of carbonyl (C=O) groups is 2. The minimum atomic E-state index is -0.703. The summed E-state index contributed by atoms with van der Waals surface area (Å²) < 4.78 is 18.0. The molecule has 1 aromatic rings. The number of aliphatic imine (C=N–C) groups is 1. The molecule has 1 aromatic carbocycles. The number of amidine groups is 1. The first kappa shape index (κ1) is 19.5. The van der Waals surface area contributed by atoms with Gasteiger partial charge in [-0.3, -0.25) is 19.5 Å². The summed E-state index contributed by atoms with van der Waals surface area (Å²) >= 11 is 0. The van der Waals surface area contributed by atoms with Crippen LogP contribution in [0.5, 0.6) is 0 Å². The molecular weight excluding hydrogens is 349 g/mol. The third kappa shape index (κ3) is 4.18. The van der Waals surface area contributed by atoms with Crippen LogP contribution in [0.1, 0.15) is 38.2 Å². The second-order valence-electron chi connectivity index (χ2n) is 7.26. The Morgan fingerprint density at radius 3 is 2.63 bits per heavy atom. The molecule has 27 heavy (non-hydrogen) atoms. The SMILES string of the molecule is COCCN1C(=O)C2(CCC(C(=O)NCc3ccc(F)cc3)CC2)N=C1C. The third-order valence-electron chi connectivity index (χ3n) is 5.49. The molecule has 2 amide bonds. The molecule has 1 saturated carbocycles. The van der Waals surface area contributed by atoms with Crippen molar-refractivity contribution in [2.24, 2.45) is 10.9 Å². The highest BCUT2D eigenvalue weighted by Gasteiger charge is 2.49. The molecule has 1 spiro atoms. The maximum absolute atomic E-state index is 12.9. The predicted molar refractivity (Wildman–Crippen MR) is 99.6 cm³/mol. The molecule has 0 saturated heterocycles. The van der Waals surface area contributed by atoms with E-state index in [2.05, 4.69) is 10.3 Å². The van der Waals surface area contributed by atoms with E-state index >= 15 is 0 Å². The Labute approximate surface area is 158 Å². The lowest BCUT2D eigenvalue weighted by atomic mass is 9.76. The van der Waals surface area contributed by atoms with Gasteiger partial charge in [0.25, 0.3) is 5.91 Å². The molecular formula is C20H26FN3O3. The highest BCUT2D eigenvalue weighted by molar-refractivity contribution is 6.07. The van der Waals surface area contributed by atoms with Crippen LogP contribution in [0.15, 0.2) is 29.3 Å². The average Bonchev–Trinajstić information content (AvgIpc) is 2.89. The van der Waals surface area contributed by atoms with Gasteiger partial charge in [-0.05, 0) is 50.3 Å². The van der Waals surface area contributed by atoms with Crippen LogP contribution in [0, 0.1) is 11.7 Å². The van der Waals surface area contributed by atoms with Crippen LogP contribution in [0.3, 0.4) is 0 Å². The van der Waals surface area contributed by atoms with Gasteiger partial charge in [0.1, 0.15) is 17.2 Å². The molecule has 1 N–H and O–H groups in total. The molecule has 1 heterocycles. The number of hydrogen-bond acceptors (Lipinski definition) is 4. The topological polar surface area (TPSA) is 71.0 Å². The summed E-state index contributed by atoms with van der Waals surface area (Å²) in [4.78, 5) is 31.7. The lowest BCUT2D eigenvalue weighted by molar-refractivity contribution is -0.135. The van der Waals surface area contributed by atoms with Crippen LogP contribution >= 0.6 is 0 Å². The van der Waals surface area contributed by atoms with Crippen LogP contribution in [0.2, 0.25) is 0 Å². The molecule has 0 radical (unpaired) electrons. The molecule has 1 aliphatic carbocycles. The Balaban J connectivity index is 1.53. The Morgan fingerprint density at radius 1 is 1.33 bits per heavy atom. The van der Waals surface area contributed by atoms with Crippen molar-refractivity contribution in [3.63, 3.8) is 0 Å². The number of nitrogens with zero attached hydrogens (tertiary/aromatic N) is 2. The zero-order valence-electron chi connectivity index (χ0n) is 15.8. The molecule has 3 rings (SSSR count). The molecule has 0 atom stereocenters. The number of amides is 2. The Hall–Kier alpha value is -2.28. The maximum Gasteiger partial charge on any atom is 0.255 e. The molecule has 2 aliphatic rings. The molecule has 0 unspecified atom stereocenters. The standard InChI is InChI=1S/C20H26FN3O3/c1-14-23-20(19(26)24(14)11-12-27-2)9-7-16(8-10-20)18(25)22-13-15-3-5-17(21)6-4-15/h3-6,16H,7-13H2,1-2H3,(H,22,25). The first-order chi connectivity index (χ1) is 12.9. The summed E-state index contributed by atoms with van der Waals surface area (Å²) in [6.45, 7) is 3.21. The summed E-state index contributed by atoms with van der Waals surface area (Å²) in [5, 5.41) is 2.91. The van der Waals surface area contributed by atoms with Crippen molar-refractivity contribution >= 4 is 17.6 Å². The van der Waals surface area contributed by atoms with Crippen LogP contribution in [-0.2, 0) is 20.9 Å². The second kappa shape index (κ2) is 8.17. The second-order valence-corrected chi connectivity index (χ2v) is 7.26. The zero-order chi connectivity index (χ0) is 19.4. The van der Waals surface area contributed by atoms with Crippen LogP contribution in [-0.4, -0.2) is 48.4 Å². The van der Waals surface area contributed by atoms with Crippen molar-refractivity contribution in [3.05, 3.63) is 35.6 Å². The zero-order valence-corrected chi connectivity index (χ0v) is 15.8. The molecule has 7 heteroatoms. The maximum atomic E-state index is 12.9. The van der Waals surface area contributed by atoms with Crippen LogP contribution in [0.25, 0.3) is 0 Å². The normalized spacial score (nSPS) is 25.0. The Bertz CT molecular complexity index is 724. The van der Waals surface area contributed by atoms with Gasteiger partial charge in [0.2, 0.25) is 5.91 Å². The molecule has 6 nitrogen and oxygen atoms in total. The summed E-state index contributed by atoms with van der Waals surface area (Å²) in [5.74, 6) is 0.335. The van der Waals surface area contributed by atoms with Gasteiger partial charge in [-0.25, -0.2) is 4.39 Å². The summed E-state index contributed by atoms with van der Waals surface area (Å²) in [5.41, 5.74) is 0.156. The van der Waals surface area contributed by atoms with E-state index < -0.39 is 5.54 Å². The van der Waals surface area contributed by atoms with Gasteiger partial charge in [0.15, 0.2) is 0 Å². The van der Waals surface area contributed by atoms with E-state index in [1.807, 2.05) is 6.92 Å². The minimum absolute atomic E-state index is 0.0171. The first-order valence-corrected chi connectivity index (χ1v) is 9.35. The number of carbonyl (C=O) groups excluding carboxylic acids is 2. The number of methoxy groups -OCH3 is 1. The van der Waals surface area contributed by atoms with Gasteiger partial charge in [0.05, 0.1) is 13.2 Å². The molecule has 0 bridgehead atoms. The largest absolute Gasteiger partial charge is 0.383 e. The van der Waals surface area contributed by atoms with Gasteiger partial charge in [0, 0.05) is 19.6 Å². The summed E-state index contributed by atoms with van der Waals surface area (Å²) in [7, 11) is 1.61. The number of nitrogens with one attached hydrogen (secondary N) is 1. The lowest BCUT2D eigenvalue weighted by Gasteiger charge is -2.33. The van der Waals surface area contributed by atoms with Crippen molar-refractivity contribution in [3.8, 4) is 0 Å². The van der Waals surface area contributed by atoms with Crippen molar-refractivity contribution in [2.75, 3.05) is 20.3 Å². The van der Waals surface area contributed by atoms with E-state index in [4.69, 9.17) is 4.74 Å². The van der Waals surface area contributed by atoms with Crippen molar-refractivity contribution in [2.45, 2.75) is 44.7 Å². The molecule has 146 valence electrons. The Kier molecular flexibility index (Phi) is 5.89. The Morgan fingerprint density at radius 2 is 2.00 bits per heavy atom. The van der Waals surface area contributed by atoms with Crippen molar-refractivity contribution in [1.29, 1.82) is 0 Å². The fourth-order valence-corrected chi connectivity index (χ4v) is 3.88. The van der Waals surface area contributed by atoms with Crippen LogP contribution < -0.4 is 5.32 Å². The van der Waals surface area contributed by atoms with Gasteiger partial charge in [-0.1, -0.05) is 12.1 Å². The number of hydrogen-bond donors (Lipinski definition) is 1. The smallest absolute Gasteiger partial charge is 0.255 e. The third-order valence-corrected chi connectivity index (χ3v) is 5.49. The number of benzene rings is 1. The van der Waals surface area contributed by atoms with E-state index in [-0.39, 0.29) is 23.5 Å². The van der Waals surface area contributed by atoms with E-state index in [9.17, 15) is 14.0 Å².